The van der Waals surface area contributed by atoms with Crippen LogP contribution in [0.2, 0.25) is 0 Å². The molecule has 0 aromatic carbocycles. The Balaban J connectivity index is 1.95. The Hall–Kier alpha value is -0.770. The zero-order chi connectivity index (χ0) is 13.2. The van der Waals surface area contributed by atoms with Crippen LogP contribution in [0.4, 0.5) is 4.79 Å². The van der Waals surface area contributed by atoms with Crippen molar-refractivity contribution < 1.29 is 9.53 Å². The van der Waals surface area contributed by atoms with Gasteiger partial charge < -0.3 is 15.0 Å². The number of ether oxygens (including phenoxy) is 1. The van der Waals surface area contributed by atoms with Gasteiger partial charge in [-0.05, 0) is 53.0 Å². The number of amides is 1. The van der Waals surface area contributed by atoms with E-state index in [1.54, 1.807) is 0 Å². The number of hydrogen-bond donors (Lipinski definition) is 1. The second-order valence-electron chi connectivity index (χ2n) is 6.79. The molecule has 0 saturated carbocycles. The Morgan fingerprint density at radius 2 is 2.00 bits per heavy atom. The monoisotopic (exact) mass is 254 g/mol. The van der Waals surface area contributed by atoms with Crippen molar-refractivity contribution in [2.45, 2.75) is 52.1 Å². The zero-order valence-electron chi connectivity index (χ0n) is 11.9. The molecule has 1 spiro atoms. The molecule has 1 amide bonds. The lowest BCUT2D eigenvalue weighted by molar-refractivity contribution is -0.000318. The van der Waals surface area contributed by atoms with Gasteiger partial charge >= 0.3 is 6.09 Å². The Morgan fingerprint density at radius 3 is 2.61 bits per heavy atom. The molecule has 2 rings (SSSR count). The van der Waals surface area contributed by atoms with E-state index in [0.717, 1.165) is 32.6 Å². The van der Waals surface area contributed by atoms with E-state index in [0.29, 0.717) is 5.41 Å². The van der Waals surface area contributed by atoms with Gasteiger partial charge in [0, 0.05) is 25.0 Å². The van der Waals surface area contributed by atoms with E-state index in [1.807, 2.05) is 25.7 Å². The first-order valence-electron chi connectivity index (χ1n) is 7.09. The average molecular weight is 254 g/mol. The van der Waals surface area contributed by atoms with Crippen LogP contribution < -0.4 is 5.32 Å². The van der Waals surface area contributed by atoms with Gasteiger partial charge in [-0.2, -0.15) is 0 Å². The molecule has 104 valence electrons. The Morgan fingerprint density at radius 1 is 1.28 bits per heavy atom. The van der Waals surface area contributed by atoms with Gasteiger partial charge in [0.2, 0.25) is 0 Å². The molecule has 0 radical (unpaired) electrons. The first-order valence-corrected chi connectivity index (χ1v) is 7.09. The maximum absolute atomic E-state index is 12.1. The van der Waals surface area contributed by atoms with Crippen LogP contribution >= 0.6 is 0 Å². The molecular formula is C14H26N2O2. The molecular weight excluding hydrogens is 228 g/mol. The van der Waals surface area contributed by atoms with Gasteiger partial charge in [-0.25, -0.2) is 4.79 Å². The smallest absolute Gasteiger partial charge is 0.410 e. The van der Waals surface area contributed by atoms with E-state index in [4.69, 9.17) is 4.74 Å². The molecule has 2 saturated heterocycles. The largest absolute Gasteiger partial charge is 0.444 e. The minimum Gasteiger partial charge on any atom is -0.444 e. The van der Waals surface area contributed by atoms with Gasteiger partial charge in [-0.1, -0.05) is 0 Å². The highest BCUT2D eigenvalue weighted by atomic mass is 16.6. The molecule has 2 aliphatic rings. The van der Waals surface area contributed by atoms with Crippen molar-refractivity contribution in [1.82, 2.24) is 10.2 Å². The summed E-state index contributed by atoms with van der Waals surface area (Å²) in [5, 5.41) is 3.47. The third-order valence-electron chi connectivity index (χ3n) is 3.87. The van der Waals surface area contributed by atoms with Crippen molar-refractivity contribution in [1.29, 1.82) is 0 Å². The number of piperidine rings is 2. The first-order chi connectivity index (χ1) is 8.40. The number of nitrogens with zero attached hydrogens (tertiary/aromatic N) is 1. The molecule has 0 aromatic heterocycles. The summed E-state index contributed by atoms with van der Waals surface area (Å²) in [6.07, 6.45) is 4.65. The second kappa shape index (κ2) is 5.08. The molecule has 2 fully saturated rings. The van der Waals surface area contributed by atoms with E-state index in [-0.39, 0.29) is 6.09 Å². The fraction of sp³-hybridized carbons (Fsp3) is 0.929. The number of carbonyl (C=O) groups is 1. The van der Waals surface area contributed by atoms with E-state index in [1.165, 1.54) is 19.3 Å². The number of nitrogens with one attached hydrogen (secondary N) is 1. The van der Waals surface area contributed by atoms with Gasteiger partial charge in [0.05, 0.1) is 0 Å². The van der Waals surface area contributed by atoms with Crippen molar-refractivity contribution >= 4 is 6.09 Å². The predicted molar refractivity (Wildman–Crippen MR) is 71.6 cm³/mol. The van der Waals surface area contributed by atoms with Crippen molar-refractivity contribution in [2.24, 2.45) is 5.41 Å². The molecule has 1 atom stereocenters. The molecule has 0 aromatic rings. The van der Waals surface area contributed by atoms with Crippen LogP contribution in [0.15, 0.2) is 0 Å². The quantitative estimate of drug-likeness (QED) is 0.721. The minimum absolute atomic E-state index is 0.146. The standard InChI is InChI=1S/C14H26N2O2/c1-13(2,3)18-12(17)16-9-5-7-14(11-16)6-4-8-15-10-14/h15H,4-11H2,1-3H3/t14-/m1/s1. The van der Waals surface area contributed by atoms with Crippen LogP contribution in [0.5, 0.6) is 0 Å². The molecule has 18 heavy (non-hydrogen) atoms. The molecule has 4 heteroatoms. The third kappa shape index (κ3) is 3.37. The zero-order valence-corrected chi connectivity index (χ0v) is 11.9. The lowest BCUT2D eigenvalue weighted by atomic mass is 9.74. The fourth-order valence-corrected chi connectivity index (χ4v) is 3.07. The SMILES string of the molecule is CC(C)(C)OC(=O)N1CCC[C@@]2(CCCNC2)C1. The number of hydrogen-bond acceptors (Lipinski definition) is 3. The van der Waals surface area contributed by atoms with E-state index >= 15 is 0 Å². The van der Waals surface area contributed by atoms with Crippen molar-refractivity contribution in [2.75, 3.05) is 26.2 Å². The summed E-state index contributed by atoms with van der Waals surface area (Å²) < 4.78 is 5.48. The van der Waals surface area contributed by atoms with E-state index in [9.17, 15) is 4.79 Å². The highest BCUT2D eigenvalue weighted by Crippen LogP contribution is 2.36. The van der Waals surface area contributed by atoms with Gasteiger partial charge in [0.15, 0.2) is 0 Å². The molecule has 2 aliphatic heterocycles. The summed E-state index contributed by atoms with van der Waals surface area (Å²) in [6, 6.07) is 0. The number of carbonyl (C=O) groups excluding carboxylic acids is 1. The van der Waals surface area contributed by atoms with Crippen molar-refractivity contribution in [3.8, 4) is 0 Å². The second-order valence-corrected chi connectivity index (χ2v) is 6.79. The summed E-state index contributed by atoms with van der Waals surface area (Å²) in [4.78, 5) is 14.0. The minimum atomic E-state index is -0.396. The molecule has 4 nitrogen and oxygen atoms in total. The van der Waals surface area contributed by atoms with Gasteiger partial charge in [-0.3, -0.25) is 0 Å². The van der Waals surface area contributed by atoms with E-state index in [2.05, 4.69) is 5.32 Å². The van der Waals surface area contributed by atoms with Crippen LogP contribution in [-0.2, 0) is 4.74 Å². The van der Waals surface area contributed by atoms with Crippen LogP contribution in [0.1, 0.15) is 46.5 Å². The summed E-state index contributed by atoms with van der Waals surface area (Å²) in [5.74, 6) is 0. The predicted octanol–water partition coefficient (Wildman–Crippen LogP) is 2.39. The highest BCUT2D eigenvalue weighted by molar-refractivity contribution is 5.68. The summed E-state index contributed by atoms with van der Waals surface area (Å²) in [7, 11) is 0. The summed E-state index contributed by atoms with van der Waals surface area (Å²) in [5.41, 5.74) is -0.0973. The Bertz CT molecular complexity index is 298. The topological polar surface area (TPSA) is 41.6 Å². The number of likely N-dealkylation sites (tertiary alicyclic amines) is 1. The van der Waals surface area contributed by atoms with Gasteiger partial charge in [0.25, 0.3) is 0 Å². The summed E-state index contributed by atoms with van der Waals surface area (Å²) in [6.45, 7) is 9.64. The van der Waals surface area contributed by atoms with Crippen LogP contribution in [0.3, 0.4) is 0 Å². The van der Waals surface area contributed by atoms with Crippen LogP contribution in [0.25, 0.3) is 0 Å². The first kappa shape index (κ1) is 13.7. The third-order valence-corrected chi connectivity index (χ3v) is 3.87. The van der Waals surface area contributed by atoms with Gasteiger partial charge in [-0.15, -0.1) is 0 Å². The fourth-order valence-electron chi connectivity index (χ4n) is 3.07. The maximum atomic E-state index is 12.1. The summed E-state index contributed by atoms with van der Waals surface area (Å²) >= 11 is 0. The molecule has 1 N–H and O–H groups in total. The Labute approximate surface area is 110 Å². The van der Waals surface area contributed by atoms with Gasteiger partial charge in [0.1, 0.15) is 5.60 Å². The van der Waals surface area contributed by atoms with Crippen molar-refractivity contribution in [3.63, 3.8) is 0 Å². The maximum Gasteiger partial charge on any atom is 0.410 e. The normalized spacial score (nSPS) is 29.4. The van der Waals surface area contributed by atoms with Crippen molar-refractivity contribution in [3.05, 3.63) is 0 Å². The average Bonchev–Trinajstić information content (AvgIpc) is 2.28. The molecule has 0 bridgehead atoms. The molecule has 2 heterocycles. The highest BCUT2D eigenvalue weighted by Gasteiger charge is 2.39. The molecule has 0 unspecified atom stereocenters. The number of rotatable bonds is 0. The van der Waals surface area contributed by atoms with Crippen LogP contribution in [0, 0.1) is 5.41 Å². The van der Waals surface area contributed by atoms with Crippen LogP contribution in [-0.4, -0.2) is 42.8 Å². The lowest BCUT2D eigenvalue weighted by Gasteiger charge is -2.45. The lowest BCUT2D eigenvalue weighted by Crippen LogP contribution is -2.53. The Kier molecular flexibility index (Phi) is 3.85. The van der Waals surface area contributed by atoms with E-state index < -0.39 is 5.60 Å². The molecule has 0 aliphatic carbocycles.